The topological polar surface area (TPSA) is 473 Å². The largest absolute Gasteiger partial charge is 0.492 e. The summed E-state index contributed by atoms with van der Waals surface area (Å²) in [6.45, 7) is 29.4. The number of allylic oxidation sites excluding steroid dienone is 12. The Balaban J connectivity index is 0.000000242. The Morgan fingerprint density at radius 2 is 0.752 bits per heavy atom. The Bertz CT molecular complexity index is 4940. The van der Waals surface area contributed by atoms with Gasteiger partial charge in [-0.3, -0.25) is 26.4 Å². The number of carbonyl (C=O) groups is 1. The van der Waals surface area contributed by atoms with E-state index in [1.165, 1.54) is 23.9 Å². The molecule has 0 unspecified atom stereocenters. The van der Waals surface area contributed by atoms with Crippen LogP contribution >= 0.6 is 0 Å². The molecule has 10 rings (SSSR count). The number of hydrogen-bond donors (Lipinski definition) is 14. The molecule has 0 aliphatic heterocycles. The van der Waals surface area contributed by atoms with E-state index in [0.717, 1.165) is 135 Å². The number of benzene rings is 5. The van der Waals surface area contributed by atoms with Crippen LogP contribution in [-0.4, -0.2) is 164 Å². The van der Waals surface area contributed by atoms with Gasteiger partial charge in [-0.2, -0.15) is 0 Å². The van der Waals surface area contributed by atoms with E-state index in [1.54, 1.807) is 78.9 Å². The highest BCUT2D eigenvalue weighted by atomic mass is 16.5. The number of aryl methyl sites for hydroxylation is 2. The maximum Gasteiger partial charge on any atom is 0.178 e. The summed E-state index contributed by atoms with van der Waals surface area (Å²) in [6, 6.07) is 30.8. The van der Waals surface area contributed by atoms with Crippen molar-refractivity contribution in [2.24, 2.45) is 47.9 Å². The van der Waals surface area contributed by atoms with Gasteiger partial charge in [0.2, 0.25) is 0 Å². The number of carbonyl (C=O) groups excluding carboxylic acids is 1. The number of hydrogen-bond acceptors (Lipinski definition) is 28. The van der Waals surface area contributed by atoms with Crippen LogP contribution < -0.4 is 59.6 Å². The summed E-state index contributed by atoms with van der Waals surface area (Å²) in [6.07, 6.45) is 32.5. The third-order valence-electron chi connectivity index (χ3n) is 19.7. The van der Waals surface area contributed by atoms with Crippen molar-refractivity contribution in [1.82, 2.24) is 0 Å². The molecular weight excluding hydrogens is 1580 g/mol. The first kappa shape index (κ1) is 101. The number of aliphatic imine (C=N–C) groups is 5. The fourth-order valence-corrected chi connectivity index (χ4v) is 12.8. The van der Waals surface area contributed by atoms with Crippen LogP contribution in [0, 0.1) is 35.5 Å². The number of ether oxygens (including phenoxy) is 5. The van der Waals surface area contributed by atoms with Gasteiger partial charge >= 0.3 is 0 Å². The molecule has 0 heterocycles. The number of ketones is 1. The molecule has 0 saturated heterocycles. The van der Waals surface area contributed by atoms with Crippen LogP contribution in [0.15, 0.2) is 241 Å². The van der Waals surface area contributed by atoms with E-state index in [-0.39, 0.29) is 42.7 Å². The average molecular weight is 1710 g/mol. The molecule has 0 fully saturated rings. The first-order valence-electron chi connectivity index (χ1n) is 43.2. The number of nitrogens with two attached hydrogens (primary N) is 7. The summed E-state index contributed by atoms with van der Waals surface area (Å²) in [5.74, 6) is 2.83. The SMILES string of the molecule is CCCCCOC1=CC(=Nc2ccc(N(CC)C(C)C)cc2)C(=N)C=C1N.CCCCCOC1=CC(=Nc2ccc(N(CC)CCO)cc2C)C(=N)C=C1N.CCCCCOC1=CC(=Nc2ccc(N)cc2)C(=N)C=C1N.CCCCCOc1cc(N=C2C=CC(=O)C=C2)c(N)cc1N.CCOC1=CC(=Nc2ccc(N(CCO)CCO)cc2C)C(=N)C=C1N. The minimum atomic E-state index is -0.0517. The molecule has 5 aliphatic carbocycles. The van der Waals surface area contributed by atoms with Gasteiger partial charge in [0.15, 0.2) is 5.78 Å². The highest BCUT2D eigenvalue weighted by Gasteiger charge is 2.22. The molecule has 28 nitrogen and oxygen atoms in total. The molecule has 5 aliphatic rings. The van der Waals surface area contributed by atoms with Gasteiger partial charge < -0.3 is 93.8 Å². The molecule has 5 aromatic carbocycles. The zero-order valence-corrected chi connectivity index (χ0v) is 74.8. The van der Waals surface area contributed by atoms with Crippen molar-refractivity contribution in [3.63, 3.8) is 0 Å². The van der Waals surface area contributed by atoms with E-state index in [2.05, 4.69) is 108 Å². The van der Waals surface area contributed by atoms with Gasteiger partial charge in [-0.25, -0.2) is 25.0 Å². The average Bonchev–Trinajstić information content (AvgIpc) is 0.818. The molecule has 28 heteroatoms. The standard InChI is InChI=1S/C22H32N4O2.C22H32N4O.C19H26N4O3.C17H22N4O.C17H21N3O2/c1-4-6-7-12-28-22-15-21(18(23)14-19(22)24)25-20-9-8-17(13-16(20)3)26(5-2)10-11-27;1-5-7-8-13-27-22-15-21(19(23)14-20(22)24)25-17-9-11-18(12-10-17)26(6-2)16(3)4;1-3-26-19-12-18(15(20)11-16(19)21)22-17-5-4-14(10-13(17)2)23(6-8-24)7-9-25;1-2-3-4-9-22-17-11-16(14(19)10-15(17)20)21-13-7-5-12(18)6-8-13;1-2-3-4-9-22-17-11-16(14(18)10-15(17)19)20-12-5-7-13(21)8-6-12/h8-9,13-15,23,27H,4-7,10-12,24H2,1-3H3;9-12,14-16,23H,5-8,13,24H2,1-4H3;4-5,10-12,20,24-25H,3,6-9,21H2,1-2H3;5-8,10-11,19H,2-4,9,18,20H2,1H3;5-8,10-11H,2-4,9,18-19H2,1H3. The van der Waals surface area contributed by atoms with Gasteiger partial charge in [0.05, 0.1) is 167 Å². The van der Waals surface area contributed by atoms with Crippen LogP contribution in [0.4, 0.5) is 62.6 Å². The number of nitrogens with zero attached hydrogens (tertiary/aromatic N) is 8. The van der Waals surface area contributed by atoms with Gasteiger partial charge in [0.25, 0.3) is 0 Å². The number of aliphatic hydroxyl groups excluding tert-OH is 3. The van der Waals surface area contributed by atoms with Crippen LogP contribution in [0.5, 0.6) is 5.75 Å². The summed E-state index contributed by atoms with van der Waals surface area (Å²) in [4.78, 5) is 40.2. The molecule has 0 radical (unpaired) electrons. The number of anilines is 6. The highest BCUT2D eigenvalue weighted by molar-refractivity contribution is 6.52. The minimum absolute atomic E-state index is 0.0129. The fourth-order valence-electron chi connectivity index (χ4n) is 12.8. The molecule has 5 aromatic rings. The predicted molar refractivity (Wildman–Crippen MR) is 519 cm³/mol. The van der Waals surface area contributed by atoms with Crippen LogP contribution in [-0.2, 0) is 23.7 Å². The quantitative estimate of drug-likeness (QED) is 0.00752. The van der Waals surface area contributed by atoms with Crippen molar-refractivity contribution in [1.29, 1.82) is 21.6 Å². The van der Waals surface area contributed by atoms with Crippen molar-refractivity contribution in [2.45, 2.75) is 159 Å². The number of likely N-dealkylation sites (N-methyl/N-ethyl adjacent to an activating group) is 1. The van der Waals surface area contributed by atoms with Gasteiger partial charge in [0.1, 0.15) is 28.8 Å². The van der Waals surface area contributed by atoms with Crippen LogP contribution in [0.3, 0.4) is 0 Å². The third kappa shape index (κ3) is 33.3. The van der Waals surface area contributed by atoms with Crippen LogP contribution in [0.1, 0.15) is 150 Å². The van der Waals surface area contributed by atoms with E-state index in [4.69, 9.17) is 85.5 Å². The van der Waals surface area contributed by atoms with E-state index in [0.29, 0.717) is 167 Å². The molecule has 0 aromatic heterocycles. The summed E-state index contributed by atoms with van der Waals surface area (Å²) >= 11 is 0. The molecule has 0 amide bonds. The van der Waals surface area contributed by atoms with E-state index in [9.17, 15) is 20.1 Å². The van der Waals surface area contributed by atoms with E-state index >= 15 is 0 Å². The lowest BCUT2D eigenvalue weighted by Crippen LogP contribution is -2.30. The van der Waals surface area contributed by atoms with Gasteiger partial charge in [-0.1, -0.05) is 79.1 Å². The van der Waals surface area contributed by atoms with Crippen molar-refractivity contribution < 1.29 is 43.8 Å². The molecule has 21 N–H and O–H groups in total. The summed E-state index contributed by atoms with van der Waals surface area (Å²) in [7, 11) is 0. The molecule has 0 bridgehead atoms. The summed E-state index contributed by atoms with van der Waals surface area (Å²) < 4.78 is 28.5. The number of rotatable bonds is 39. The number of aliphatic hydroxyl groups is 3. The predicted octanol–water partition coefficient (Wildman–Crippen LogP) is 17.0. The Morgan fingerprint density at radius 1 is 0.384 bits per heavy atom. The van der Waals surface area contributed by atoms with Gasteiger partial charge in [0, 0.05) is 91.9 Å². The van der Waals surface area contributed by atoms with Gasteiger partial charge in [-0.05, 0) is 225 Å². The number of nitrogen functional groups attached to an aromatic ring is 3. The van der Waals surface area contributed by atoms with Crippen molar-refractivity contribution in [3.8, 4) is 5.75 Å². The second-order valence-electron chi connectivity index (χ2n) is 30.0. The van der Waals surface area contributed by atoms with Crippen molar-refractivity contribution in [2.75, 3.05) is 117 Å². The second-order valence-corrected chi connectivity index (χ2v) is 30.0. The fraction of sp³-hybridized carbons (Fsp3) is 0.381. The first-order valence-corrected chi connectivity index (χ1v) is 43.2. The Morgan fingerprint density at radius 3 is 1.12 bits per heavy atom. The smallest absolute Gasteiger partial charge is 0.178 e. The molecular formula is C97H133N19O9. The zero-order valence-electron chi connectivity index (χ0n) is 74.8. The zero-order chi connectivity index (χ0) is 91.3. The van der Waals surface area contributed by atoms with Crippen molar-refractivity contribution >= 4 is 120 Å². The van der Waals surface area contributed by atoms with Crippen LogP contribution in [0.2, 0.25) is 0 Å². The maximum absolute atomic E-state index is 11.1. The number of unbranched alkanes of at least 4 members (excludes halogenated alkanes) is 8. The molecule has 0 spiro atoms. The summed E-state index contributed by atoms with van der Waals surface area (Å²) in [5.41, 5.74) is 57.5. The number of nitrogens with one attached hydrogen (secondary N) is 4. The summed E-state index contributed by atoms with van der Waals surface area (Å²) in [5, 5.41) is 60.0. The first-order chi connectivity index (χ1) is 60.1. The van der Waals surface area contributed by atoms with Gasteiger partial charge in [-0.15, -0.1) is 0 Å². The maximum atomic E-state index is 11.1. The second kappa shape index (κ2) is 53.9. The monoisotopic (exact) mass is 1710 g/mol. The Labute approximate surface area is 738 Å². The van der Waals surface area contributed by atoms with Crippen LogP contribution in [0.25, 0.3) is 0 Å². The normalized spacial score (nSPS) is 15.4. The molecule has 125 heavy (non-hydrogen) atoms. The lowest BCUT2D eigenvalue weighted by atomic mass is 10.1. The minimum Gasteiger partial charge on any atom is -0.492 e. The Kier molecular flexibility index (Phi) is 43.5. The van der Waals surface area contributed by atoms with E-state index < -0.39 is 0 Å². The highest BCUT2D eigenvalue weighted by Crippen LogP contribution is 2.35. The lowest BCUT2D eigenvalue weighted by molar-refractivity contribution is -0.110. The van der Waals surface area contributed by atoms with E-state index in [1.807, 2.05) is 80.3 Å². The third-order valence-corrected chi connectivity index (χ3v) is 19.7. The molecule has 0 saturated carbocycles. The lowest BCUT2D eigenvalue weighted by Gasteiger charge is -2.27. The van der Waals surface area contributed by atoms with Crippen molar-refractivity contribution in [3.05, 3.63) is 227 Å². The molecule has 670 valence electrons. The Hall–Kier alpha value is -12.9. The molecule has 0 atom stereocenters.